The molecule has 2 aromatic rings. The van der Waals surface area contributed by atoms with Gasteiger partial charge in [-0.1, -0.05) is 51.5 Å². The minimum absolute atomic E-state index is 0.0483. The molecule has 0 radical (unpaired) electrons. The largest absolute Gasteiger partial charge is 0.368 e. The Balaban J connectivity index is 1.59. The maximum atomic E-state index is 5.75. The number of anilines is 2. The summed E-state index contributed by atoms with van der Waals surface area (Å²) >= 11 is 1.57. The third kappa shape index (κ3) is 6.20. The Morgan fingerprint density at radius 1 is 1.16 bits per heavy atom. The predicted octanol–water partition coefficient (Wildman–Crippen LogP) is 3.26. The van der Waals surface area contributed by atoms with E-state index in [1.807, 2.05) is 7.05 Å². The first-order valence-corrected chi connectivity index (χ1v) is 11.9. The fourth-order valence-electron chi connectivity index (χ4n) is 3.47. The van der Waals surface area contributed by atoms with Crippen molar-refractivity contribution in [1.29, 1.82) is 0 Å². The van der Waals surface area contributed by atoms with Crippen molar-refractivity contribution in [3.05, 3.63) is 28.6 Å². The maximum Gasteiger partial charge on any atom is 0.222 e. The van der Waals surface area contributed by atoms with Crippen LogP contribution in [0.4, 0.5) is 11.8 Å². The number of nitrogen functional groups attached to an aromatic ring is 1. The predicted molar refractivity (Wildman–Crippen MR) is 128 cm³/mol. The van der Waals surface area contributed by atoms with E-state index >= 15 is 0 Å². The molecular formula is C22H36N8S. The number of nitrogens with two attached hydrogens (primary N) is 1. The Morgan fingerprint density at radius 3 is 2.45 bits per heavy atom. The molecule has 8 nitrogen and oxygen atoms in total. The van der Waals surface area contributed by atoms with Crippen LogP contribution in [0.1, 0.15) is 52.6 Å². The van der Waals surface area contributed by atoms with Gasteiger partial charge in [-0.25, -0.2) is 9.97 Å². The quantitative estimate of drug-likeness (QED) is 0.651. The molecule has 2 aromatic heterocycles. The second-order valence-corrected chi connectivity index (χ2v) is 10.1. The molecule has 3 rings (SSSR count). The topological polar surface area (TPSA) is 89.0 Å². The molecule has 0 atom stereocenters. The van der Waals surface area contributed by atoms with Crippen molar-refractivity contribution in [2.24, 2.45) is 7.05 Å². The molecule has 0 unspecified atom stereocenters. The minimum Gasteiger partial charge on any atom is -0.368 e. The zero-order chi connectivity index (χ0) is 22.6. The van der Waals surface area contributed by atoms with Crippen LogP contribution in [-0.4, -0.2) is 62.4 Å². The van der Waals surface area contributed by atoms with Gasteiger partial charge in [0, 0.05) is 56.9 Å². The molecule has 0 saturated carbocycles. The maximum absolute atomic E-state index is 5.75. The van der Waals surface area contributed by atoms with E-state index in [-0.39, 0.29) is 5.41 Å². The summed E-state index contributed by atoms with van der Waals surface area (Å²) in [6, 6.07) is 2.18. The van der Waals surface area contributed by atoms with Crippen LogP contribution in [0.5, 0.6) is 0 Å². The summed E-state index contributed by atoms with van der Waals surface area (Å²) in [7, 11) is 1.88. The van der Waals surface area contributed by atoms with Gasteiger partial charge in [0.05, 0.1) is 0 Å². The highest BCUT2D eigenvalue weighted by atomic mass is 32.2. The van der Waals surface area contributed by atoms with E-state index in [0.29, 0.717) is 5.95 Å². The summed E-state index contributed by atoms with van der Waals surface area (Å²) in [5.41, 5.74) is 8.16. The Morgan fingerprint density at radius 2 is 1.87 bits per heavy atom. The van der Waals surface area contributed by atoms with Crippen molar-refractivity contribution in [2.45, 2.75) is 58.0 Å². The summed E-state index contributed by atoms with van der Waals surface area (Å²) in [6.07, 6.45) is 2.09. The van der Waals surface area contributed by atoms with Crippen LogP contribution in [0.15, 0.2) is 22.2 Å². The number of aromatic nitrogens is 5. The molecule has 170 valence electrons. The molecule has 0 aliphatic carbocycles. The normalized spacial score (nSPS) is 16.2. The van der Waals surface area contributed by atoms with E-state index < -0.39 is 0 Å². The number of piperazine rings is 1. The van der Waals surface area contributed by atoms with Crippen molar-refractivity contribution < 1.29 is 0 Å². The van der Waals surface area contributed by atoms with Gasteiger partial charge in [0.15, 0.2) is 5.16 Å². The van der Waals surface area contributed by atoms with Gasteiger partial charge < -0.3 is 10.6 Å². The van der Waals surface area contributed by atoms with E-state index in [0.717, 1.165) is 68.1 Å². The molecule has 1 aliphatic heterocycles. The van der Waals surface area contributed by atoms with Gasteiger partial charge in [0.2, 0.25) is 5.95 Å². The Labute approximate surface area is 190 Å². The van der Waals surface area contributed by atoms with Crippen LogP contribution in [0.25, 0.3) is 0 Å². The molecule has 0 amide bonds. The average Bonchev–Trinajstić information content (AvgIpc) is 3.04. The van der Waals surface area contributed by atoms with Gasteiger partial charge in [-0.05, 0) is 18.8 Å². The highest BCUT2D eigenvalue weighted by Gasteiger charge is 2.23. The first-order chi connectivity index (χ1) is 14.7. The van der Waals surface area contributed by atoms with Gasteiger partial charge in [-0.2, -0.15) is 0 Å². The summed E-state index contributed by atoms with van der Waals surface area (Å²) in [5, 5.41) is 11.0. The van der Waals surface area contributed by atoms with Crippen molar-refractivity contribution >= 4 is 23.5 Å². The SMILES string of the molecule is CCCc1cc(N2CCN(C/C(C)=C/Sc3nnc(N)n3C)CC2)nc(C(C)(C)C)n1. The molecule has 1 aliphatic rings. The molecular weight excluding hydrogens is 408 g/mol. The number of hydrogen-bond donors (Lipinski definition) is 1. The van der Waals surface area contributed by atoms with E-state index in [1.165, 1.54) is 5.57 Å². The van der Waals surface area contributed by atoms with Gasteiger partial charge >= 0.3 is 0 Å². The van der Waals surface area contributed by atoms with Crippen LogP contribution in [-0.2, 0) is 18.9 Å². The summed E-state index contributed by atoms with van der Waals surface area (Å²) in [6.45, 7) is 15.9. The third-order valence-electron chi connectivity index (χ3n) is 5.35. The summed E-state index contributed by atoms with van der Waals surface area (Å²) < 4.78 is 1.80. The van der Waals surface area contributed by atoms with Gasteiger partial charge in [0.25, 0.3) is 0 Å². The molecule has 31 heavy (non-hydrogen) atoms. The molecule has 0 spiro atoms. The van der Waals surface area contributed by atoms with Crippen molar-refractivity contribution in [3.63, 3.8) is 0 Å². The van der Waals surface area contributed by atoms with Gasteiger partial charge in [0.1, 0.15) is 11.6 Å². The van der Waals surface area contributed by atoms with Crippen LogP contribution in [0, 0.1) is 0 Å². The summed E-state index contributed by atoms with van der Waals surface area (Å²) in [4.78, 5) is 14.6. The second kappa shape index (κ2) is 9.99. The number of thioether (sulfide) groups is 1. The van der Waals surface area contributed by atoms with E-state index in [2.05, 4.69) is 66.1 Å². The third-order valence-corrected chi connectivity index (χ3v) is 6.43. The molecule has 2 N–H and O–H groups in total. The molecule has 9 heteroatoms. The standard InChI is InChI=1S/C22H36N8S/c1-7-8-17-13-18(25-19(24-17)22(3,4)5)30-11-9-29(10-12-30)14-16(2)15-31-21-27-26-20(23)28(21)6/h13,15H,7-12,14H2,1-6H3,(H2,23,26)/b16-15+. The van der Waals surface area contributed by atoms with E-state index in [9.17, 15) is 0 Å². The summed E-state index contributed by atoms with van der Waals surface area (Å²) in [5.74, 6) is 2.45. The average molecular weight is 445 g/mol. The lowest BCUT2D eigenvalue weighted by Gasteiger charge is -2.36. The van der Waals surface area contributed by atoms with Gasteiger partial charge in [-0.15, -0.1) is 10.2 Å². The molecule has 1 saturated heterocycles. The molecule has 0 bridgehead atoms. The van der Waals surface area contributed by atoms with Crippen LogP contribution >= 0.6 is 11.8 Å². The molecule has 3 heterocycles. The first kappa shape index (κ1) is 23.5. The Hall–Kier alpha value is -2.13. The zero-order valence-electron chi connectivity index (χ0n) is 19.7. The smallest absolute Gasteiger partial charge is 0.222 e. The minimum atomic E-state index is -0.0483. The van der Waals surface area contributed by atoms with Crippen LogP contribution in [0.2, 0.25) is 0 Å². The number of hydrogen-bond acceptors (Lipinski definition) is 8. The van der Waals surface area contributed by atoms with E-state index in [4.69, 9.17) is 15.7 Å². The van der Waals surface area contributed by atoms with Crippen molar-refractivity contribution in [2.75, 3.05) is 43.4 Å². The molecule has 1 fully saturated rings. The highest BCUT2D eigenvalue weighted by molar-refractivity contribution is 8.02. The van der Waals surface area contributed by atoms with Crippen LogP contribution < -0.4 is 10.6 Å². The van der Waals surface area contributed by atoms with Gasteiger partial charge in [-0.3, -0.25) is 9.47 Å². The number of aryl methyl sites for hydroxylation is 1. The fourth-order valence-corrected chi connectivity index (χ4v) is 4.19. The Kier molecular flexibility index (Phi) is 7.59. The van der Waals surface area contributed by atoms with Crippen molar-refractivity contribution in [1.82, 2.24) is 29.6 Å². The number of nitrogens with zero attached hydrogens (tertiary/aromatic N) is 7. The Bertz CT molecular complexity index is 907. The zero-order valence-corrected chi connectivity index (χ0v) is 20.5. The lowest BCUT2D eigenvalue weighted by atomic mass is 9.95. The van der Waals surface area contributed by atoms with Crippen LogP contribution in [0.3, 0.4) is 0 Å². The fraction of sp³-hybridized carbons (Fsp3) is 0.636. The number of rotatable bonds is 7. The lowest BCUT2D eigenvalue weighted by Crippen LogP contribution is -2.47. The second-order valence-electron chi connectivity index (χ2n) is 9.29. The lowest BCUT2D eigenvalue weighted by molar-refractivity contribution is 0.277. The monoisotopic (exact) mass is 444 g/mol. The molecule has 0 aromatic carbocycles. The first-order valence-electron chi connectivity index (χ1n) is 11.0. The van der Waals surface area contributed by atoms with Crippen molar-refractivity contribution in [3.8, 4) is 0 Å². The van der Waals surface area contributed by atoms with E-state index in [1.54, 1.807) is 16.3 Å². The highest BCUT2D eigenvalue weighted by Crippen LogP contribution is 2.24.